The fourth-order valence-corrected chi connectivity index (χ4v) is 3.68. The molecule has 1 N–H and O–H groups in total. The number of imidazole rings is 1. The summed E-state index contributed by atoms with van der Waals surface area (Å²) < 4.78 is 18.2. The smallest absolute Gasteiger partial charge is 0.251 e. The predicted molar refractivity (Wildman–Crippen MR) is 123 cm³/mol. The Hall–Kier alpha value is -4.00. The number of hydrogen-bond donors (Lipinski definition) is 1. The minimum Gasteiger partial charge on any atom is -0.496 e. The Kier molecular flexibility index (Phi) is 6.26. The molecule has 164 valence electrons. The fraction of sp³-hybridized carbons (Fsp3) is 0.200. The van der Waals surface area contributed by atoms with E-state index in [4.69, 9.17) is 19.2 Å². The van der Waals surface area contributed by atoms with Crippen LogP contribution in [0.4, 0.5) is 0 Å². The Morgan fingerprint density at radius 3 is 2.38 bits per heavy atom. The van der Waals surface area contributed by atoms with E-state index in [0.717, 1.165) is 28.2 Å². The summed E-state index contributed by atoms with van der Waals surface area (Å²) in [6.07, 6.45) is 0. The molecule has 7 nitrogen and oxygen atoms in total. The van der Waals surface area contributed by atoms with E-state index in [1.54, 1.807) is 39.5 Å². The molecule has 0 aliphatic carbocycles. The quantitative estimate of drug-likeness (QED) is 0.456. The van der Waals surface area contributed by atoms with E-state index < -0.39 is 0 Å². The number of carbonyl (C=O) groups excluding carboxylic acids is 1. The first kappa shape index (κ1) is 21.2. The second-order valence-corrected chi connectivity index (χ2v) is 7.17. The van der Waals surface area contributed by atoms with Crippen LogP contribution in [-0.4, -0.2) is 36.8 Å². The van der Waals surface area contributed by atoms with Crippen molar-refractivity contribution in [3.05, 3.63) is 83.7 Å². The maximum atomic E-state index is 12.8. The third-order valence-electron chi connectivity index (χ3n) is 5.31. The number of aromatic nitrogens is 2. The van der Waals surface area contributed by atoms with Gasteiger partial charge in [-0.05, 0) is 36.4 Å². The van der Waals surface area contributed by atoms with Gasteiger partial charge >= 0.3 is 0 Å². The lowest BCUT2D eigenvalue weighted by Crippen LogP contribution is -2.25. The first-order valence-corrected chi connectivity index (χ1v) is 10.2. The molecule has 1 aromatic heterocycles. The number of fused-ring (bicyclic) bond motifs is 1. The lowest BCUT2D eigenvalue weighted by atomic mass is 10.2. The van der Waals surface area contributed by atoms with Crippen molar-refractivity contribution in [1.29, 1.82) is 0 Å². The van der Waals surface area contributed by atoms with Gasteiger partial charge in [0.05, 0.1) is 45.5 Å². The van der Waals surface area contributed by atoms with Gasteiger partial charge in [-0.2, -0.15) is 0 Å². The zero-order valence-corrected chi connectivity index (χ0v) is 18.3. The number of carbonyl (C=O) groups is 1. The first-order chi connectivity index (χ1) is 15.6. The molecule has 1 heterocycles. The number of hydrogen-bond acceptors (Lipinski definition) is 5. The topological polar surface area (TPSA) is 74.6 Å². The second kappa shape index (κ2) is 9.43. The molecule has 0 fully saturated rings. The van der Waals surface area contributed by atoms with Crippen LogP contribution in [0.1, 0.15) is 21.7 Å². The number of amides is 1. The first-order valence-electron chi connectivity index (χ1n) is 10.2. The molecule has 0 spiro atoms. The van der Waals surface area contributed by atoms with Gasteiger partial charge in [0.15, 0.2) is 11.5 Å². The van der Waals surface area contributed by atoms with Gasteiger partial charge in [0, 0.05) is 11.1 Å². The summed E-state index contributed by atoms with van der Waals surface area (Å²) in [4.78, 5) is 17.6. The Bertz CT molecular complexity index is 1250. The van der Waals surface area contributed by atoms with Gasteiger partial charge < -0.3 is 24.1 Å². The van der Waals surface area contributed by atoms with E-state index in [-0.39, 0.29) is 12.5 Å². The largest absolute Gasteiger partial charge is 0.496 e. The third kappa shape index (κ3) is 4.23. The average molecular weight is 431 g/mol. The molecule has 0 saturated heterocycles. The molecule has 7 heteroatoms. The van der Waals surface area contributed by atoms with Crippen LogP contribution in [0.3, 0.4) is 0 Å². The van der Waals surface area contributed by atoms with E-state index >= 15 is 0 Å². The Morgan fingerprint density at radius 2 is 1.59 bits per heavy atom. The molecule has 0 bridgehead atoms. The molecular formula is C25H25N3O4. The number of benzene rings is 3. The van der Waals surface area contributed by atoms with Crippen LogP contribution >= 0.6 is 0 Å². The summed E-state index contributed by atoms with van der Waals surface area (Å²) in [5.74, 6) is 2.42. The summed E-state index contributed by atoms with van der Waals surface area (Å²) in [6, 6.07) is 20.9. The van der Waals surface area contributed by atoms with Crippen molar-refractivity contribution in [3.8, 4) is 17.2 Å². The third-order valence-corrected chi connectivity index (χ3v) is 5.31. The second-order valence-electron chi connectivity index (χ2n) is 7.17. The fourth-order valence-electron chi connectivity index (χ4n) is 3.68. The van der Waals surface area contributed by atoms with E-state index in [1.807, 2.05) is 48.5 Å². The van der Waals surface area contributed by atoms with Crippen molar-refractivity contribution in [2.75, 3.05) is 21.3 Å². The van der Waals surface area contributed by atoms with Crippen LogP contribution in [0, 0.1) is 0 Å². The van der Waals surface area contributed by atoms with Crippen LogP contribution in [0.2, 0.25) is 0 Å². The summed E-state index contributed by atoms with van der Waals surface area (Å²) in [7, 11) is 4.76. The number of methoxy groups -OCH3 is 3. The molecule has 32 heavy (non-hydrogen) atoms. The molecule has 4 rings (SSSR count). The lowest BCUT2D eigenvalue weighted by molar-refractivity contribution is 0.0949. The van der Waals surface area contributed by atoms with E-state index in [0.29, 0.717) is 23.6 Å². The maximum Gasteiger partial charge on any atom is 0.251 e. The van der Waals surface area contributed by atoms with Crippen molar-refractivity contribution in [3.63, 3.8) is 0 Å². The minimum absolute atomic E-state index is 0.221. The zero-order valence-electron chi connectivity index (χ0n) is 18.3. The van der Waals surface area contributed by atoms with Crippen molar-refractivity contribution in [2.45, 2.75) is 13.1 Å². The molecule has 0 aliphatic rings. The SMILES string of the molecule is COc1ccccc1Cn1c(CNC(=O)c2ccc(OC)c(OC)c2)nc2ccccc21. The van der Waals surface area contributed by atoms with Gasteiger partial charge in [-0.1, -0.05) is 30.3 Å². The van der Waals surface area contributed by atoms with Crippen LogP contribution < -0.4 is 19.5 Å². The van der Waals surface area contributed by atoms with Crippen LogP contribution in [0.25, 0.3) is 11.0 Å². The predicted octanol–water partition coefficient (Wildman–Crippen LogP) is 4.04. The molecule has 0 unspecified atom stereocenters. The normalized spacial score (nSPS) is 10.7. The Morgan fingerprint density at radius 1 is 0.875 bits per heavy atom. The summed E-state index contributed by atoms with van der Waals surface area (Å²) in [6.45, 7) is 0.850. The highest BCUT2D eigenvalue weighted by Gasteiger charge is 2.15. The highest BCUT2D eigenvalue weighted by molar-refractivity contribution is 5.94. The van der Waals surface area contributed by atoms with E-state index in [9.17, 15) is 4.79 Å². The molecular weight excluding hydrogens is 406 g/mol. The highest BCUT2D eigenvalue weighted by Crippen LogP contribution is 2.28. The number of ether oxygens (including phenoxy) is 3. The molecule has 0 saturated carbocycles. The molecule has 0 aliphatic heterocycles. The Balaban J connectivity index is 1.61. The monoisotopic (exact) mass is 431 g/mol. The summed E-state index contributed by atoms with van der Waals surface area (Å²) >= 11 is 0. The number of para-hydroxylation sites is 3. The summed E-state index contributed by atoms with van der Waals surface area (Å²) in [5.41, 5.74) is 3.38. The van der Waals surface area contributed by atoms with Crippen LogP contribution in [0.5, 0.6) is 17.2 Å². The average Bonchev–Trinajstić information content (AvgIpc) is 3.19. The van der Waals surface area contributed by atoms with Gasteiger partial charge in [-0.15, -0.1) is 0 Å². The molecule has 3 aromatic carbocycles. The highest BCUT2D eigenvalue weighted by atomic mass is 16.5. The van der Waals surface area contributed by atoms with Crippen molar-refractivity contribution in [2.24, 2.45) is 0 Å². The molecule has 1 amide bonds. The van der Waals surface area contributed by atoms with Crippen molar-refractivity contribution in [1.82, 2.24) is 14.9 Å². The lowest BCUT2D eigenvalue weighted by Gasteiger charge is -2.13. The number of nitrogens with zero attached hydrogens (tertiary/aromatic N) is 2. The van der Waals surface area contributed by atoms with Crippen molar-refractivity contribution < 1.29 is 19.0 Å². The van der Waals surface area contributed by atoms with Gasteiger partial charge in [0.1, 0.15) is 11.6 Å². The van der Waals surface area contributed by atoms with Crippen LogP contribution in [-0.2, 0) is 13.1 Å². The van der Waals surface area contributed by atoms with Gasteiger partial charge in [0.25, 0.3) is 5.91 Å². The van der Waals surface area contributed by atoms with Gasteiger partial charge in [-0.25, -0.2) is 4.98 Å². The van der Waals surface area contributed by atoms with Crippen LogP contribution in [0.15, 0.2) is 66.7 Å². The molecule has 0 radical (unpaired) electrons. The maximum absolute atomic E-state index is 12.8. The Labute approximate surface area is 186 Å². The van der Waals surface area contributed by atoms with Crippen molar-refractivity contribution >= 4 is 16.9 Å². The zero-order chi connectivity index (χ0) is 22.5. The minimum atomic E-state index is -0.221. The number of nitrogens with one attached hydrogen (secondary N) is 1. The summed E-state index contributed by atoms with van der Waals surface area (Å²) in [5, 5.41) is 2.97. The standard InChI is InChI=1S/C25H25N3O4/c1-30-21-11-7-4-8-18(21)16-28-20-10-6-5-9-19(20)27-24(28)15-26-25(29)17-12-13-22(31-2)23(14-17)32-3/h4-14H,15-16H2,1-3H3,(H,26,29). The van der Waals surface area contributed by atoms with Gasteiger partial charge in [-0.3, -0.25) is 4.79 Å². The number of rotatable bonds is 8. The molecule has 0 atom stereocenters. The van der Waals surface area contributed by atoms with E-state index in [2.05, 4.69) is 9.88 Å². The van der Waals surface area contributed by atoms with E-state index in [1.165, 1.54) is 0 Å². The molecule has 4 aromatic rings. The van der Waals surface area contributed by atoms with Gasteiger partial charge in [0.2, 0.25) is 0 Å².